The standard InChI is InChI=1S/C14H9ClFNO4/c15-10-5-7(1-4-12(10)18)13(19)17-8-2-3-9(14(20)21)11(16)6-8/h1-6,18H,(H,17,19)(H,20,21). The average Bonchev–Trinajstić information content (AvgIpc) is 2.41. The van der Waals surface area contributed by atoms with Crippen LogP contribution in [0.1, 0.15) is 20.7 Å². The molecule has 7 heteroatoms. The highest BCUT2D eigenvalue weighted by Gasteiger charge is 2.13. The molecule has 1 amide bonds. The number of amides is 1. The van der Waals surface area contributed by atoms with Crippen molar-refractivity contribution in [1.29, 1.82) is 0 Å². The van der Waals surface area contributed by atoms with Crippen molar-refractivity contribution in [3.63, 3.8) is 0 Å². The number of carboxylic acids is 1. The number of anilines is 1. The summed E-state index contributed by atoms with van der Waals surface area (Å²) in [7, 11) is 0. The van der Waals surface area contributed by atoms with E-state index < -0.39 is 23.3 Å². The van der Waals surface area contributed by atoms with Gasteiger partial charge < -0.3 is 15.5 Å². The highest BCUT2D eigenvalue weighted by molar-refractivity contribution is 6.32. The molecule has 0 aliphatic carbocycles. The molecule has 5 nitrogen and oxygen atoms in total. The van der Waals surface area contributed by atoms with Crippen LogP contribution in [0.2, 0.25) is 5.02 Å². The normalized spacial score (nSPS) is 10.2. The summed E-state index contributed by atoms with van der Waals surface area (Å²) < 4.78 is 13.5. The second-order valence-corrected chi connectivity index (χ2v) is 4.53. The highest BCUT2D eigenvalue weighted by Crippen LogP contribution is 2.24. The summed E-state index contributed by atoms with van der Waals surface area (Å²) in [5, 5.41) is 20.4. The van der Waals surface area contributed by atoms with Gasteiger partial charge in [-0.3, -0.25) is 4.79 Å². The van der Waals surface area contributed by atoms with Crippen LogP contribution >= 0.6 is 11.6 Å². The first-order valence-electron chi connectivity index (χ1n) is 5.71. The Morgan fingerprint density at radius 3 is 2.43 bits per heavy atom. The zero-order valence-electron chi connectivity index (χ0n) is 10.4. The van der Waals surface area contributed by atoms with Crippen molar-refractivity contribution in [2.75, 3.05) is 5.32 Å². The number of carbonyl (C=O) groups excluding carboxylic acids is 1. The number of nitrogens with one attached hydrogen (secondary N) is 1. The molecule has 0 aliphatic rings. The van der Waals surface area contributed by atoms with E-state index in [1.807, 2.05) is 0 Å². The van der Waals surface area contributed by atoms with Gasteiger partial charge in [0.2, 0.25) is 0 Å². The number of carboxylic acid groups (broad SMARTS) is 1. The number of rotatable bonds is 3. The Bertz CT molecular complexity index is 733. The van der Waals surface area contributed by atoms with E-state index in [4.69, 9.17) is 16.7 Å². The van der Waals surface area contributed by atoms with E-state index in [9.17, 15) is 19.1 Å². The van der Waals surface area contributed by atoms with Crippen LogP contribution in [-0.4, -0.2) is 22.1 Å². The Morgan fingerprint density at radius 2 is 1.86 bits per heavy atom. The Hall–Kier alpha value is -2.60. The molecule has 2 aromatic rings. The van der Waals surface area contributed by atoms with E-state index in [1.54, 1.807) is 0 Å². The topological polar surface area (TPSA) is 86.6 Å². The van der Waals surface area contributed by atoms with Crippen molar-refractivity contribution in [3.05, 3.63) is 58.4 Å². The molecule has 0 bridgehead atoms. The first-order valence-corrected chi connectivity index (χ1v) is 6.09. The first kappa shape index (κ1) is 14.8. The fraction of sp³-hybridized carbons (Fsp3) is 0. The third-order valence-corrected chi connectivity index (χ3v) is 2.97. The Balaban J connectivity index is 2.21. The van der Waals surface area contributed by atoms with Gasteiger partial charge in [-0.1, -0.05) is 11.6 Å². The third-order valence-electron chi connectivity index (χ3n) is 2.67. The Morgan fingerprint density at radius 1 is 1.14 bits per heavy atom. The van der Waals surface area contributed by atoms with Crippen LogP contribution in [0.4, 0.5) is 10.1 Å². The molecular formula is C14H9ClFNO4. The molecule has 2 rings (SSSR count). The maximum Gasteiger partial charge on any atom is 0.338 e. The Labute approximate surface area is 123 Å². The summed E-state index contributed by atoms with van der Waals surface area (Å²) >= 11 is 5.69. The van der Waals surface area contributed by atoms with Crippen molar-refractivity contribution in [1.82, 2.24) is 0 Å². The van der Waals surface area contributed by atoms with Gasteiger partial charge >= 0.3 is 5.97 Å². The number of aromatic carboxylic acids is 1. The van der Waals surface area contributed by atoms with Gasteiger partial charge in [-0.05, 0) is 36.4 Å². The van der Waals surface area contributed by atoms with Crippen LogP contribution in [0, 0.1) is 5.82 Å². The van der Waals surface area contributed by atoms with Crippen LogP contribution in [0.25, 0.3) is 0 Å². The largest absolute Gasteiger partial charge is 0.506 e. The van der Waals surface area contributed by atoms with E-state index in [0.29, 0.717) is 0 Å². The second-order valence-electron chi connectivity index (χ2n) is 4.12. The molecule has 0 atom stereocenters. The SMILES string of the molecule is O=C(Nc1ccc(C(=O)O)c(F)c1)c1ccc(O)c(Cl)c1. The maximum atomic E-state index is 13.5. The zero-order valence-corrected chi connectivity index (χ0v) is 11.2. The van der Waals surface area contributed by atoms with E-state index in [0.717, 1.165) is 12.1 Å². The zero-order chi connectivity index (χ0) is 15.6. The minimum Gasteiger partial charge on any atom is -0.506 e. The molecule has 108 valence electrons. The van der Waals surface area contributed by atoms with Gasteiger partial charge in [0.25, 0.3) is 5.91 Å². The minimum atomic E-state index is -1.39. The van der Waals surface area contributed by atoms with E-state index in [1.165, 1.54) is 24.3 Å². The molecular weight excluding hydrogens is 301 g/mol. The number of benzene rings is 2. The van der Waals surface area contributed by atoms with Gasteiger partial charge in [-0.15, -0.1) is 0 Å². The molecule has 0 unspecified atom stereocenters. The van der Waals surface area contributed by atoms with Gasteiger partial charge in [0.15, 0.2) is 0 Å². The van der Waals surface area contributed by atoms with Crippen molar-refractivity contribution >= 4 is 29.2 Å². The monoisotopic (exact) mass is 309 g/mol. The van der Waals surface area contributed by atoms with Crippen molar-refractivity contribution < 1.29 is 24.2 Å². The van der Waals surface area contributed by atoms with E-state index in [2.05, 4.69) is 5.32 Å². The smallest absolute Gasteiger partial charge is 0.338 e. The lowest BCUT2D eigenvalue weighted by molar-refractivity contribution is 0.0692. The molecule has 0 saturated carbocycles. The molecule has 0 fully saturated rings. The predicted molar refractivity (Wildman–Crippen MR) is 74.4 cm³/mol. The highest BCUT2D eigenvalue weighted by atomic mass is 35.5. The van der Waals surface area contributed by atoms with Crippen LogP contribution in [0.15, 0.2) is 36.4 Å². The third kappa shape index (κ3) is 3.29. The van der Waals surface area contributed by atoms with Crippen molar-refractivity contribution in [2.24, 2.45) is 0 Å². The number of halogens is 2. The quantitative estimate of drug-likeness (QED) is 0.813. The summed E-state index contributed by atoms with van der Waals surface area (Å²) in [6.45, 7) is 0. The van der Waals surface area contributed by atoms with Crippen LogP contribution < -0.4 is 5.32 Å². The molecule has 2 aromatic carbocycles. The lowest BCUT2D eigenvalue weighted by Gasteiger charge is -2.07. The van der Waals surface area contributed by atoms with Crippen molar-refractivity contribution in [3.8, 4) is 5.75 Å². The molecule has 0 spiro atoms. The number of hydrogen-bond acceptors (Lipinski definition) is 3. The molecule has 0 saturated heterocycles. The first-order chi connectivity index (χ1) is 9.88. The number of carbonyl (C=O) groups is 2. The number of phenolic OH excluding ortho intramolecular Hbond substituents is 1. The Kier molecular flexibility index (Phi) is 4.09. The summed E-state index contributed by atoms with van der Waals surface area (Å²) in [6, 6.07) is 7.09. The molecule has 0 aliphatic heterocycles. The average molecular weight is 310 g/mol. The molecule has 0 heterocycles. The lowest BCUT2D eigenvalue weighted by atomic mass is 10.1. The fourth-order valence-corrected chi connectivity index (χ4v) is 1.80. The molecule has 0 radical (unpaired) electrons. The summed E-state index contributed by atoms with van der Waals surface area (Å²) in [6.07, 6.45) is 0. The summed E-state index contributed by atoms with van der Waals surface area (Å²) in [4.78, 5) is 22.6. The van der Waals surface area contributed by atoms with Gasteiger partial charge in [0.05, 0.1) is 10.6 Å². The van der Waals surface area contributed by atoms with Gasteiger partial charge in [-0.25, -0.2) is 9.18 Å². The maximum absolute atomic E-state index is 13.5. The summed E-state index contributed by atoms with van der Waals surface area (Å²) in [5.41, 5.74) is -0.215. The van der Waals surface area contributed by atoms with Crippen molar-refractivity contribution in [2.45, 2.75) is 0 Å². The van der Waals surface area contributed by atoms with Crippen LogP contribution in [0.3, 0.4) is 0 Å². The number of aromatic hydroxyl groups is 1. The number of phenols is 1. The van der Waals surface area contributed by atoms with E-state index >= 15 is 0 Å². The molecule has 0 aromatic heterocycles. The second kappa shape index (κ2) is 5.80. The molecule has 3 N–H and O–H groups in total. The fourth-order valence-electron chi connectivity index (χ4n) is 1.62. The van der Waals surface area contributed by atoms with E-state index in [-0.39, 0.29) is 22.0 Å². The summed E-state index contributed by atoms with van der Waals surface area (Å²) in [5.74, 6) is -3.08. The van der Waals surface area contributed by atoms with Gasteiger partial charge in [0, 0.05) is 11.3 Å². The van der Waals surface area contributed by atoms with Crippen LogP contribution in [0.5, 0.6) is 5.75 Å². The minimum absolute atomic E-state index is 0.00931. The van der Waals surface area contributed by atoms with Gasteiger partial charge in [0.1, 0.15) is 11.6 Å². The van der Waals surface area contributed by atoms with Gasteiger partial charge in [-0.2, -0.15) is 0 Å². The number of hydrogen-bond donors (Lipinski definition) is 3. The predicted octanol–water partition coefficient (Wildman–Crippen LogP) is 3.14. The lowest BCUT2D eigenvalue weighted by Crippen LogP contribution is -2.12. The molecule has 21 heavy (non-hydrogen) atoms. The van der Waals surface area contributed by atoms with Crippen LogP contribution in [-0.2, 0) is 0 Å².